The van der Waals surface area contributed by atoms with Crippen LogP contribution in [-0.2, 0) is 14.3 Å². The second-order valence-electron chi connectivity index (χ2n) is 14.9. The number of allylic oxidation sites excluding steroid dienone is 1. The number of carboxylic acids is 1. The van der Waals surface area contributed by atoms with Gasteiger partial charge in [0.1, 0.15) is 6.61 Å². The summed E-state index contributed by atoms with van der Waals surface area (Å²) in [6, 6.07) is 0. The molecule has 5 rings (SSSR count). The van der Waals surface area contributed by atoms with Crippen molar-refractivity contribution in [1.82, 2.24) is 0 Å². The van der Waals surface area contributed by atoms with Crippen molar-refractivity contribution >= 4 is 11.9 Å². The van der Waals surface area contributed by atoms with Crippen molar-refractivity contribution in [3.8, 4) is 0 Å². The first-order valence-electron chi connectivity index (χ1n) is 15.0. The number of fused-ring (bicyclic) bond motifs is 2. The van der Waals surface area contributed by atoms with Gasteiger partial charge < -0.3 is 14.9 Å². The van der Waals surface area contributed by atoms with Gasteiger partial charge in [-0.25, -0.2) is 4.79 Å². The average molecular weight is 515 g/mol. The highest BCUT2D eigenvalue weighted by atomic mass is 16.5. The van der Waals surface area contributed by atoms with Crippen LogP contribution in [0.15, 0.2) is 11.6 Å². The van der Waals surface area contributed by atoms with E-state index < -0.39 is 11.9 Å². The first kappa shape index (κ1) is 27.2. The lowest BCUT2D eigenvalue weighted by atomic mass is 9.41. The van der Waals surface area contributed by atoms with E-state index in [1.54, 1.807) is 6.08 Å². The number of aliphatic carboxylic acids is 1. The van der Waals surface area contributed by atoms with E-state index in [0.29, 0.717) is 45.8 Å². The van der Waals surface area contributed by atoms with E-state index in [2.05, 4.69) is 34.6 Å². The van der Waals surface area contributed by atoms with Crippen molar-refractivity contribution in [2.24, 2.45) is 50.7 Å². The highest BCUT2D eigenvalue weighted by Gasteiger charge is 2.82. The molecule has 5 nitrogen and oxygen atoms in total. The largest absolute Gasteiger partial charge is 0.478 e. The fourth-order valence-corrected chi connectivity index (χ4v) is 11.4. The van der Waals surface area contributed by atoms with Crippen LogP contribution in [-0.4, -0.2) is 34.9 Å². The zero-order chi connectivity index (χ0) is 27.0. The summed E-state index contributed by atoms with van der Waals surface area (Å²) in [5, 5.41) is 20.4. The number of ether oxygens (including phenoxy) is 1. The molecule has 0 amide bonds. The Morgan fingerprint density at radius 2 is 1.62 bits per heavy atom. The van der Waals surface area contributed by atoms with E-state index in [1.807, 2.05) is 0 Å². The molecule has 0 bridgehead atoms. The van der Waals surface area contributed by atoms with E-state index in [4.69, 9.17) is 4.74 Å². The van der Waals surface area contributed by atoms with Gasteiger partial charge in [0.2, 0.25) is 0 Å². The standard InChI is InChI=1S/C32H50O5/c1-20(8-7-9-22(27(35)36)18-37-21(2)33)23-12-14-30(6)25-11-10-24-28(3,4)26(34)13-15-31(24)19-32(25,31)17-16-29(23,30)5/h9,20,23-26,34H,7-8,10-19H2,1-6H3,(H,35,36)/b22-9+/t20-,23-,24+,25+,26+,29-,30+,31-,32+/m1/s1. The molecule has 208 valence electrons. The Morgan fingerprint density at radius 3 is 2.30 bits per heavy atom. The van der Waals surface area contributed by atoms with E-state index >= 15 is 0 Å². The molecule has 0 aromatic carbocycles. The van der Waals surface area contributed by atoms with Crippen LogP contribution < -0.4 is 0 Å². The van der Waals surface area contributed by atoms with E-state index in [1.165, 1.54) is 58.3 Å². The van der Waals surface area contributed by atoms with E-state index in [9.17, 15) is 19.8 Å². The molecule has 0 radical (unpaired) electrons. The summed E-state index contributed by atoms with van der Waals surface area (Å²) in [7, 11) is 0. The third-order valence-corrected chi connectivity index (χ3v) is 13.6. The van der Waals surface area contributed by atoms with Gasteiger partial charge in [0, 0.05) is 6.92 Å². The normalized spacial score (nSPS) is 46.6. The van der Waals surface area contributed by atoms with Crippen LogP contribution >= 0.6 is 0 Å². The number of carbonyl (C=O) groups is 2. The Morgan fingerprint density at radius 1 is 0.946 bits per heavy atom. The van der Waals surface area contributed by atoms with Gasteiger partial charge in [-0.05, 0) is 121 Å². The Labute approximate surface area is 223 Å². The van der Waals surface area contributed by atoms with Gasteiger partial charge in [0.25, 0.3) is 0 Å². The van der Waals surface area contributed by atoms with Crippen LogP contribution in [0.25, 0.3) is 0 Å². The van der Waals surface area contributed by atoms with Crippen LogP contribution in [0.1, 0.15) is 112 Å². The van der Waals surface area contributed by atoms with Crippen LogP contribution in [0, 0.1) is 50.7 Å². The molecule has 0 aromatic heterocycles. The molecule has 0 heterocycles. The average Bonchev–Trinajstić information content (AvgIpc) is 3.40. The number of hydrogen-bond donors (Lipinski definition) is 2. The fraction of sp³-hybridized carbons (Fsp3) is 0.875. The van der Waals surface area contributed by atoms with Gasteiger partial charge in [-0.2, -0.15) is 0 Å². The summed E-state index contributed by atoms with van der Waals surface area (Å²) in [6.07, 6.45) is 14.8. The minimum atomic E-state index is -1.00. The van der Waals surface area contributed by atoms with E-state index in [0.717, 1.165) is 18.8 Å². The number of aliphatic hydroxyl groups is 1. The molecular weight excluding hydrogens is 464 g/mol. The monoisotopic (exact) mass is 514 g/mol. The first-order valence-corrected chi connectivity index (χ1v) is 15.0. The quantitative estimate of drug-likeness (QED) is 0.289. The smallest absolute Gasteiger partial charge is 0.334 e. The van der Waals surface area contributed by atoms with E-state index in [-0.39, 0.29) is 23.7 Å². The van der Waals surface area contributed by atoms with Crippen molar-refractivity contribution in [2.45, 2.75) is 118 Å². The molecule has 5 saturated carbocycles. The second kappa shape index (κ2) is 8.83. The van der Waals surface area contributed by atoms with Gasteiger partial charge in [0.05, 0.1) is 11.7 Å². The Bertz CT molecular complexity index is 984. The topological polar surface area (TPSA) is 83.8 Å². The van der Waals surface area contributed by atoms with Crippen LogP contribution in [0.5, 0.6) is 0 Å². The van der Waals surface area contributed by atoms with Gasteiger partial charge in [-0.3, -0.25) is 4.79 Å². The lowest BCUT2D eigenvalue weighted by Crippen LogP contribution is -2.57. The Hall–Kier alpha value is -1.36. The van der Waals surface area contributed by atoms with Gasteiger partial charge >= 0.3 is 11.9 Å². The molecular formula is C32H50O5. The number of carbonyl (C=O) groups excluding carboxylic acids is 1. The predicted molar refractivity (Wildman–Crippen MR) is 144 cm³/mol. The highest BCUT2D eigenvalue weighted by molar-refractivity contribution is 5.87. The third kappa shape index (κ3) is 3.72. The molecule has 0 unspecified atom stereocenters. The lowest BCUT2D eigenvalue weighted by molar-refractivity contribution is -0.161. The maximum atomic E-state index is 11.6. The van der Waals surface area contributed by atoms with Gasteiger partial charge in [-0.15, -0.1) is 0 Å². The van der Waals surface area contributed by atoms with Crippen molar-refractivity contribution in [2.75, 3.05) is 6.61 Å². The Kier molecular flexibility index (Phi) is 6.49. The molecule has 0 saturated heterocycles. The number of aliphatic hydroxyl groups excluding tert-OH is 1. The first-order chi connectivity index (χ1) is 17.3. The zero-order valence-corrected chi connectivity index (χ0v) is 24.1. The summed E-state index contributed by atoms with van der Waals surface area (Å²) in [6.45, 7) is 13.5. The molecule has 2 spiro atoms. The molecule has 5 heteroatoms. The number of rotatable bonds is 7. The molecule has 0 aromatic rings. The molecule has 5 aliphatic rings. The number of carboxylic acid groups (broad SMARTS) is 1. The molecule has 5 aliphatic carbocycles. The van der Waals surface area contributed by atoms with Crippen LogP contribution in [0.2, 0.25) is 0 Å². The van der Waals surface area contributed by atoms with Crippen LogP contribution in [0.3, 0.4) is 0 Å². The van der Waals surface area contributed by atoms with Crippen molar-refractivity contribution in [3.63, 3.8) is 0 Å². The minimum absolute atomic E-state index is 0.0406. The lowest BCUT2D eigenvalue weighted by Gasteiger charge is -2.63. The van der Waals surface area contributed by atoms with Gasteiger partial charge in [0.15, 0.2) is 0 Å². The molecule has 2 N–H and O–H groups in total. The fourth-order valence-electron chi connectivity index (χ4n) is 11.4. The summed E-state index contributed by atoms with van der Waals surface area (Å²) in [5.74, 6) is 1.23. The summed E-state index contributed by atoms with van der Waals surface area (Å²) in [5.41, 5.74) is 1.91. The molecule has 37 heavy (non-hydrogen) atoms. The van der Waals surface area contributed by atoms with Crippen molar-refractivity contribution in [3.05, 3.63) is 11.6 Å². The Balaban J connectivity index is 1.30. The maximum absolute atomic E-state index is 11.6. The number of hydrogen-bond acceptors (Lipinski definition) is 4. The third-order valence-electron chi connectivity index (χ3n) is 13.6. The summed E-state index contributed by atoms with van der Waals surface area (Å²) in [4.78, 5) is 22.7. The highest BCUT2D eigenvalue weighted by Crippen LogP contribution is 2.89. The molecule has 5 fully saturated rings. The zero-order valence-electron chi connectivity index (χ0n) is 24.1. The predicted octanol–water partition coefficient (Wildman–Crippen LogP) is 6.78. The summed E-state index contributed by atoms with van der Waals surface area (Å²) >= 11 is 0. The van der Waals surface area contributed by atoms with Crippen molar-refractivity contribution < 1.29 is 24.5 Å². The summed E-state index contributed by atoms with van der Waals surface area (Å²) < 4.78 is 4.94. The molecule has 9 atom stereocenters. The second-order valence-corrected chi connectivity index (χ2v) is 14.9. The van der Waals surface area contributed by atoms with Gasteiger partial charge in [-0.1, -0.05) is 40.7 Å². The minimum Gasteiger partial charge on any atom is -0.478 e. The molecule has 0 aliphatic heterocycles. The van der Waals surface area contributed by atoms with Crippen LogP contribution in [0.4, 0.5) is 0 Å². The number of esters is 1. The SMILES string of the molecule is CC(=O)OC/C(=C\CC[C@@H](C)[C@H]1CC[C@@]2(C)[C@@H]3CC[C@H]4C(C)(C)[C@@H](O)CC[C@@]45C[C@@]35CC[C@]12C)C(=O)O. The maximum Gasteiger partial charge on any atom is 0.334 e. The van der Waals surface area contributed by atoms with Crippen molar-refractivity contribution in [1.29, 1.82) is 0 Å².